The molecule has 1 nitrogen and oxygen atoms in total. The first kappa shape index (κ1) is 16.8. The molecule has 0 saturated carbocycles. The molecular formula is C14H13Br2NS2. The first-order chi connectivity index (χ1) is 9.19. The van der Waals surface area contributed by atoms with Gasteiger partial charge in [0.05, 0.1) is 3.79 Å². The van der Waals surface area contributed by atoms with Crippen molar-refractivity contribution in [2.24, 2.45) is 0 Å². The Morgan fingerprint density at radius 2 is 2.11 bits per heavy atom. The summed E-state index contributed by atoms with van der Waals surface area (Å²) in [5.74, 6) is 0. The van der Waals surface area contributed by atoms with E-state index in [0.717, 1.165) is 24.5 Å². The van der Waals surface area contributed by atoms with E-state index >= 15 is 0 Å². The molecule has 0 spiro atoms. The second-order valence-corrected chi connectivity index (χ2v) is 7.70. The Hall–Kier alpha value is -0.280. The molecule has 100 valence electrons. The van der Waals surface area contributed by atoms with Gasteiger partial charge in [-0.25, -0.2) is 0 Å². The van der Waals surface area contributed by atoms with Gasteiger partial charge in [0, 0.05) is 9.38 Å². The van der Waals surface area contributed by atoms with Gasteiger partial charge in [0.2, 0.25) is 0 Å². The molecule has 1 aliphatic rings. The number of allylic oxidation sites excluding steroid dienone is 6. The quantitative estimate of drug-likeness (QED) is 0.538. The van der Waals surface area contributed by atoms with Gasteiger partial charge in [-0.05, 0) is 39.4 Å². The van der Waals surface area contributed by atoms with E-state index in [9.17, 15) is 0 Å². The van der Waals surface area contributed by atoms with Gasteiger partial charge in [0.25, 0.3) is 0 Å². The summed E-state index contributed by atoms with van der Waals surface area (Å²) in [6.07, 6.45) is 9.19. The number of hydrogen-bond donors (Lipinski definition) is 0. The molecule has 0 fully saturated rings. The first-order valence-electron chi connectivity index (χ1n) is 5.79. The summed E-state index contributed by atoms with van der Waals surface area (Å²) in [6, 6.07) is 4.09. The molecule has 0 radical (unpaired) electrons. The van der Waals surface area contributed by atoms with E-state index in [1.807, 2.05) is 32.1 Å². The summed E-state index contributed by atoms with van der Waals surface area (Å²) in [4.78, 5) is 3.11. The van der Waals surface area contributed by atoms with E-state index in [4.69, 9.17) is 5.26 Å². The van der Waals surface area contributed by atoms with Crippen LogP contribution in [0.3, 0.4) is 0 Å². The lowest BCUT2D eigenvalue weighted by Gasteiger charge is -2.01. The van der Waals surface area contributed by atoms with Gasteiger partial charge in [0.15, 0.2) is 0 Å². The largest absolute Gasteiger partial charge is 0.192 e. The highest BCUT2D eigenvalue weighted by atomic mass is 79.9. The zero-order chi connectivity index (χ0) is 14.3. The van der Waals surface area contributed by atoms with Crippen LogP contribution in [-0.2, 0) is 0 Å². The Bertz CT molecular complexity index is 560. The minimum absolute atomic E-state index is 0.737. The van der Waals surface area contributed by atoms with Crippen LogP contribution < -0.4 is 0 Å². The second kappa shape index (κ2) is 8.80. The number of nitriles is 1. The van der Waals surface area contributed by atoms with Crippen molar-refractivity contribution in [3.8, 4) is 6.07 Å². The Morgan fingerprint density at radius 3 is 2.74 bits per heavy atom. The molecule has 2 rings (SSSR count). The normalized spacial score (nSPS) is 13.6. The van der Waals surface area contributed by atoms with Crippen LogP contribution in [-0.4, -0.2) is 0 Å². The SMILES string of the molecule is CC.N#Cc1cc(SC2=CC=CC(Br)=CC2)c(Br)s1. The average molecular weight is 419 g/mol. The molecule has 1 heterocycles. The van der Waals surface area contributed by atoms with E-state index < -0.39 is 0 Å². The predicted molar refractivity (Wildman–Crippen MR) is 92.8 cm³/mol. The van der Waals surface area contributed by atoms with Gasteiger partial charge in [-0.2, -0.15) is 5.26 Å². The predicted octanol–water partition coefficient (Wildman–Crippen LogP) is 6.62. The third-order valence-electron chi connectivity index (χ3n) is 2.04. The van der Waals surface area contributed by atoms with Crippen molar-refractivity contribution in [2.75, 3.05) is 0 Å². The van der Waals surface area contributed by atoms with E-state index in [0.29, 0.717) is 0 Å². The highest BCUT2D eigenvalue weighted by Gasteiger charge is 2.09. The third kappa shape index (κ3) is 5.31. The minimum Gasteiger partial charge on any atom is -0.192 e. The molecule has 0 N–H and O–H groups in total. The highest BCUT2D eigenvalue weighted by Crippen LogP contribution is 2.40. The molecule has 0 bridgehead atoms. The number of halogens is 2. The van der Waals surface area contributed by atoms with Gasteiger partial charge < -0.3 is 0 Å². The van der Waals surface area contributed by atoms with Crippen molar-refractivity contribution in [1.82, 2.24) is 0 Å². The molecular weight excluding hydrogens is 406 g/mol. The first-order valence-corrected chi connectivity index (χ1v) is 9.01. The van der Waals surface area contributed by atoms with Crippen LogP contribution in [0.25, 0.3) is 0 Å². The second-order valence-electron chi connectivity index (χ2n) is 3.25. The van der Waals surface area contributed by atoms with Crippen molar-refractivity contribution in [1.29, 1.82) is 5.26 Å². The minimum atomic E-state index is 0.737. The fourth-order valence-electron chi connectivity index (χ4n) is 1.28. The smallest absolute Gasteiger partial charge is 0.110 e. The van der Waals surface area contributed by atoms with E-state index in [1.165, 1.54) is 16.2 Å². The Kier molecular flexibility index (Phi) is 7.77. The summed E-state index contributed by atoms with van der Waals surface area (Å²) >= 11 is 10.1. The fourth-order valence-corrected chi connectivity index (χ4v) is 4.22. The van der Waals surface area contributed by atoms with Crippen LogP contribution in [0.2, 0.25) is 0 Å². The molecule has 0 aromatic carbocycles. The number of hydrogen-bond acceptors (Lipinski definition) is 3. The van der Waals surface area contributed by atoms with Crippen molar-refractivity contribution in [3.05, 3.63) is 48.4 Å². The van der Waals surface area contributed by atoms with E-state index in [2.05, 4.69) is 50.1 Å². The monoisotopic (exact) mass is 417 g/mol. The molecule has 19 heavy (non-hydrogen) atoms. The fraction of sp³-hybridized carbons (Fsp3) is 0.214. The maximum atomic E-state index is 8.85. The maximum Gasteiger partial charge on any atom is 0.110 e. The van der Waals surface area contributed by atoms with Crippen molar-refractivity contribution >= 4 is 55.0 Å². The number of rotatable bonds is 2. The zero-order valence-corrected chi connectivity index (χ0v) is 15.4. The van der Waals surface area contributed by atoms with Gasteiger partial charge in [-0.15, -0.1) is 11.3 Å². The van der Waals surface area contributed by atoms with Crippen LogP contribution in [0.4, 0.5) is 0 Å². The lowest BCUT2D eigenvalue weighted by Crippen LogP contribution is -1.74. The molecule has 1 aromatic rings. The van der Waals surface area contributed by atoms with Crippen LogP contribution >= 0.6 is 55.0 Å². The number of thioether (sulfide) groups is 1. The van der Waals surface area contributed by atoms with Crippen molar-refractivity contribution < 1.29 is 0 Å². The lowest BCUT2D eigenvalue weighted by atomic mass is 10.4. The molecule has 0 aliphatic heterocycles. The zero-order valence-electron chi connectivity index (χ0n) is 10.6. The van der Waals surface area contributed by atoms with E-state index in [1.54, 1.807) is 11.8 Å². The Balaban J connectivity index is 0.000000861. The molecule has 1 aromatic heterocycles. The number of nitrogens with zero attached hydrogens (tertiary/aromatic N) is 1. The number of thiophene rings is 1. The standard InChI is InChI=1S/C12H7Br2NS2.C2H6/c13-8-2-1-3-9(5-4-8)16-11-6-10(7-15)17-12(11)14;1-2/h1-4,6H,5H2;1-2H3. The molecule has 0 amide bonds. The maximum absolute atomic E-state index is 8.85. The van der Waals surface area contributed by atoms with Gasteiger partial charge >= 0.3 is 0 Å². The van der Waals surface area contributed by atoms with E-state index in [-0.39, 0.29) is 0 Å². The van der Waals surface area contributed by atoms with Crippen molar-refractivity contribution in [2.45, 2.75) is 25.2 Å². The molecule has 0 saturated heterocycles. The molecule has 0 atom stereocenters. The summed E-state index contributed by atoms with van der Waals surface area (Å²) in [7, 11) is 0. The summed E-state index contributed by atoms with van der Waals surface area (Å²) in [6.45, 7) is 4.00. The van der Waals surface area contributed by atoms with Crippen LogP contribution in [0.1, 0.15) is 25.1 Å². The molecule has 1 aliphatic carbocycles. The van der Waals surface area contributed by atoms with Crippen molar-refractivity contribution in [3.63, 3.8) is 0 Å². The Morgan fingerprint density at radius 1 is 1.37 bits per heavy atom. The van der Waals surface area contributed by atoms with Gasteiger partial charge in [-0.3, -0.25) is 0 Å². The van der Waals surface area contributed by atoms with Crippen LogP contribution in [0.5, 0.6) is 0 Å². The molecule has 0 unspecified atom stereocenters. The Labute approximate surface area is 139 Å². The molecule has 5 heteroatoms. The van der Waals surface area contributed by atoms with Crippen LogP contribution in [0, 0.1) is 11.3 Å². The summed E-state index contributed by atoms with van der Waals surface area (Å²) < 4.78 is 2.13. The summed E-state index contributed by atoms with van der Waals surface area (Å²) in [5, 5.41) is 8.85. The lowest BCUT2D eigenvalue weighted by molar-refractivity contribution is 1.36. The average Bonchev–Trinajstić information content (AvgIpc) is 2.65. The highest BCUT2D eigenvalue weighted by molar-refractivity contribution is 9.12. The van der Waals surface area contributed by atoms with Gasteiger partial charge in [-0.1, -0.05) is 59.8 Å². The summed E-state index contributed by atoms with van der Waals surface area (Å²) in [5.41, 5.74) is 0. The topological polar surface area (TPSA) is 23.8 Å². The van der Waals surface area contributed by atoms with Crippen LogP contribution in [0.15, 0.2) is 48.4 Å². The third-order valence-corrected chi connectivity index (χ3v) is 5.87. The van der Waals surface area contributed by atoms with Gasteiger partial charge in [0.1, 0.15) is 10.9 Å².